The fraction of sp³-hybridized carbons (Fsp3) is 0.222. The molecule has 0 saturated heterocycles. The van der Waals surface area contributed by atoms with Gasteiger partial charge in [-0.05, 0) is 30.7 Å². The third-order valence-electron chi connectivity index (χ3n) is 3.85. The lowest BCUT2D eigenvalue weighted by atomic mass is 10.1. The summed E-state index contributed by atoms with van der Waals surface area (Å²) in [6.07, 6.45) is -3.48. The topological polar surface area (TPSA) is 87.5 Å². The molecule has 166 valence electrons. The molecule has 0 saturated carbocycles. The lowest BCUT2D eigenvalue weighted by Gasteiger charge is -2.13. The van der Waals surface area contributed by atoms with Crippen molar-refractivity contribution in [1.29, 1.82) is 0 Å². The summed E-state index contributed by atoms with van der Waals surface area (Å²) in [5, 5.41) is 2.58. The van der Waals surface area contributed by atoms with Crippen LogP contribution in [0.4, 0.5) is 17.6 Å². The number of esters is 2. The third-order valence-corrected chi connectivity index (χ3v) is 4.44. The van der Waals surface area contributed by atoms with Crippen LogP contribution in [0.25, 0.3) is 11.8 Å². The Kier molecular flexibility index (Phi) is 7.45. The van der Waals surface area contributed by atoms with E-state index in [1.807, 2.05) is 0 Å². The van der Waals surface area contributed by atoms with E-state index in [1.165, 1.54) is 0 Å². The molecule has 1 aromatic heterocycles. The van der Waals surface area contributed by atoms with E-state index in [0.29, 0.717) is 10.9 Å². The van der Waals surface area contributed by atoms with Gasteiger partial charge in [0.15, 0.2) is 12.4 Å². The minimum absolute atomic E-state index is 0.0793. The van der Waals surface area contributed by atoms with Crippen LogP contribution in [-0.2, 0) is 25.2 Å². The minimum Gasteiger partial charge on any atom is -0.466 e. The molecular weight excluding hydrogens is 471 g/mol. The average Bonchev–Trinajstić information content (AvgIpc) is 2.69. The smallest absolute Gasteiger partial charge is 0.418 e. The van der Waals surface area contributed by atoms with E-state index in [1.54, 1.807) is 0 Å². The van der Waals surface area contributed by atoms with Crippen LogP contribution in [-0.4, -0.2) is 35.4 Å². The van der Waals surface area contributed by atoms with Crippen molar-refractivity contribution in [2.45, 2.75) is 13.1 Å². The van der Waals surface area contributed by atoms with Gasteiger partial charge in [0, 0.05) is 5.56 Å². The molecule has 0 aliphatic heterocycles. The molecule has 0 spiro atoms. The van der Waals surface area contributed by atoms with Crippen LogP contribution in [0.15, 0.2) is 28.2 Å². The normalized spacial score (nSPS) is 11.9. The average molecular weight is 483 g/mol. The van der Waals surface area contributed by atoms with E-state index in [4.69, 9.17) is 23.2 Å². The van der Waals surface area contributed by atoms with E-state index in [0.717, 1.165) is 32.2 Å². The maximum atomic E-state index is 14.4. The predicted molar refractivity (Wildman–Crippen MR) is 101 cm³/mol. The second-order valence-corrected chi connectivity index (χ2v) is 6.68. The molecule has 2 rings (SSSR count). The van der Waals surface area contributed by atoms with E-state index >= 15 is 0 Å². The molecule has 0 unspecified atom stereocenters. The summed E-state index contributed by atoms with van der Waals surface area (Å²) in [4.78, 5) is 35.1. The molecule has 2 aromatic rings. The van der Waals surface area contributed by atoms with Crippen LogP contribution >= 0.6 is 23.2 Å². The number of rotatable bonds is 5. The van der Waals surface area contributed by atoms with E-state index in [2.05, 4.69) is 14.6 Å². The summed E-state index contributed by atoms with van der Waals surface area (Å²) in [7, 11) is 1.08. The number of methoxy groups -OCH3 is 1. The molecule has 0 bridgehead atoms. The number of ether oxygens (including phenoxy) is 2. The van der Waals surface area contributed by atoms with Crippen molar-refractivity contribution in [3.8, 4) is 5.69 Å². The number of alkyl halides is 3. The van der Waals surface area contributed by atoms with Crippen LogP contribution in [0.5, 0.6) is 0 Å². The first-order chi connectivity index (χ1) is 14.4. The van der Waals surface area contributed by atoms with Gasteiger partial charge >= 0.3 is 18.1 Å². The lowest BCUT2D eigenvalue weighted by molar-refractivity contribution is -0.154. The Bertz CT molecular complexity index is 1130. The van der Waals surface area contributed by atoms with Gasteiger partial charge in [0.25, 0.3) is 5.56 Å². The zero-order chi connectivity index (χ0) is 23.5. The molecule has 7 nitrogen and oxygen atoms in total. The molecule has 0 aliphatic carbocycles. The molecule has 0 amide bonds. The zero-order valence-corrected chi connectivity index (χ0v) is 17.2. The summed E-state index contributed by atoms with van der Waals surface area (Å²) in [5.41, 5.74) is -3.79. The first-order valence-electron chi connectivity index (χ1n) is 8.13. The van der Waals surface area contributed by atoms with Gasteiger partial charge in [0.1, 0.15) is 10.7 Å². The zero-order valence-electron chi connectivity index (χ0n) is 15.7. The number of carbonyl (C=O) groups excluding carboxylic acids is 2. The molecule has 0 atom stereocenters. The molecule has 13 heteroatoms. The van der Waals surface area contributed by atoms with Crippen molar-refractivity contribution in [1.82, 2.24) is 9.78 Å². The maximum absolute atomic E-state index is 14.4. The van der Waals surface area contributed by atoms with Gasteiger partial charge in [-0.2, -0.15) is 23.0 Å². The van der Waals surface area contributed by atoms with Crippen molar-refractivity contribution in [3.05, 3.63) is 61.2 Å². The van der Waals surface area contributed by atoms with Crippen molar-refractivity contribution in [2.75, 3.05) is 13.7 Å². The van der Waals surface area contributed by atoms with Crippen LogP contribution < -0.4 is 5.56 Å². The van der Waals surface area contributed by atoms with Gasteiger partial charge in [0.2, 0.25) is 0 Å². The van der Waals surface area contributed by atoms with Crippen molar-refractivity contribution in [3.63, 3.8) is 0 Å². The van der Waals surface area contributed by atoms with Crippen molar-refractivity contribution >= 4 is 41.2 Å². The summed E-state index contributed by atoms with van der Waals surface area (Å²) in [6.45, 7) is 0.206. The van der Waals surface area contributed by atoms with Crippen LogP contribution in [0, 0.1) is 12.7 Å². The number of carbonyl (C=O) groups is 2. The highest BCUT2D eigenvalue weighted by atomic mass is 35.5. The standard InChI is InChI=1S/C18H12Cl2F4N2O5/c1-8-10(18(22,23)24)6-25-26(16(8)28)14-4-9(11(19)5-13(14)21)3-12(20)17(29)31-7-15(27)30-2/h3-6H,7H2,1-2H3. The number of hydrogen-bond donors (Lipinski definition) is 0. The maximum Gasteiger partial charge on any atom is 0.418 e. The number of halogens is 6. The Morgan fingerprint density at radius 3 is 2.52 bits per heavy atom. The molecule has 1 aromatic carbocycles. The van der Waals surface area contributed by atoms with Gasteiger partial charge < -0.3 is 9.47 Å². The molecular formula is C18H12Cl2F4N2O5. The van der Waals surface area contributed by atoms with Crippen LogP contribution in [0.2, 0.25) is 5.02 Å². The molecule has 1 heterocycles. The van der Waals surface area contributed by atoms with Crippen molar-refractivity contribution in [2.24, 2.45) is 0 Å². The van der Waals surface area contributed by atoms with Crippen molar-refractivity contribution < 1.29 is 36.6 Å². The highest BCUT2D eigenvalue weighted by Crippen LogP contribution is 2.30. The largest absolute Gasteiger partial charge is 0.466 e. The number of hydrogen-bond acceptors (Lipinski definition) is 6. The Balaban J connectivity index is 2.49. The second-order valence-electron chi connectivity index (χ2n) is 5.87. The predicted octanol–water partition coefficient (Wildman–Crippen LogP) is 3.65. The molecule has 0 aliphatic rings. The van der Waals surface area contributed by atoms with Gasteiger partial charge in [-0.1, -0.05) is 23.2 Å². The quantitative estimate of drug-likeness (QED) is 0.367. The summed E-state index contributed by atoms with van der Waals surface area (Å²) >= 11 is 11.7. The first kappa shape index (κ1) is 24.4. The fourth-order valence-corrected chi connectivity index (χ4v) is 2.65. The lowest BCUT2D eigenvalue weighted by Crippen LogP contribution is -2.28. The molecule has 0 N–H and O–H groups in total. The summed E-state index contributed by atoms with van der Waals surface area (Å²) in [6, 6.07) is 1.71. The SMILES string of the molecule is COC(=O)COC(=O)C(Cl)=Cc1cc(-n2ncc(C(F)(F)F)c(C)c2=O)c(F)cc1Cl. The fourth-order valence-electron chi connectivity index (χ4n) is 2.27. The Hall–Kier alpha value is -2.92. The van der Waals surface area contributed by atoms with E-state index in [9.17, 15) is 31.9 Å². The first-order valence-corrected chi connectivity index (χ1v) is 8.89. The summed E-state index contributed by atoms with van der Waals surface area (Å²) in [5.74, 6) is -3.04. The Morgan fingerprint density at radius 1 is 1.29 bits per heavy atom. The van der Waals surface area contributed by atoms with E-state index < -0.39 is 57.9 Å². The number of nitrogens with zero attached hydrogens (tertiary/aromatic N) is 2. The minimum atomic E-state index is -4.82. The monoisotopic (exact) mass is 482 g/mol. The Labute approximate surface area is 181 Å². The van der Waals surface area contributed by atoms with Gasteiger partial charge in [0.05, 0.1) is 23.9 Å². The van der Waals surface area contributed by atoms with Gasteiger partial charge in [-0.15, -0.1) is 0 Å². The number of benzene rings is 1. The second kappa shape index (κ2) is 9.48. The third kappa shape index (κ3) is 5.61. The highest BCUT2D eigenvalue weighted by molar-refractivity contribution is 6.43. The summed E-state index contributed by atoms with van der Waals surface area (Å²) < 4.78 is 62.5. The van der Waals surface area contributed by atoms with Crippen LogP contribution in [0.3, 0.4) is 0 Å². The molecule has 0 fully saturated rings. The molecule has 31 heavy (non-hydrogen) atoms. The van der Waals surface area contributed by atoms with Gasteiger partial charge in [-0.25, -0.2) is 14.0 Å². The Morgan fingerprint density at radius 2 is 1.94 bits per heavy atom. The van der Waals surface area contributed by atoms with E-state index in [-0.39, 0.29) is 10.6 Å². The number of aromatic nitrogens is 2. The van der Waals surface area contributed by atoms with Gasteiger partial charge in [-0.3, -0.25) is 4.79 Å². The highest BCUT2D eigenvalue weighted by Gasteiger charge is 2.34. The van der Waals surface area contributed by atoms with Crippen LogP contribution in [0.1, 0.15) is 16.7 Å². The molecule has 0 radical (unpaired) electrons.